The number of hydrogen-bond donors (Lipinski definition) is 1. The van der Waals surface area contributed by atoms with Crippen molar-refractivity contribution in [1.29, 1.82) is 0 Å². The molecule has 0 bridgehead atoms. The summed E-state index contributed by atoms with van der Waals surface area (Å²) in [5, 5.41) is 0. The van der Waals surface area contributed by atoms with Gasteiger partial charge in [-0.3, -0.25) is 4.90 Å². The molecule has 0 fully saturated rings. The summed E-state index contributed by atoms with van der Waals surface area (Å²) in [5.41, 5.74) is 6.11. The first-order valence-electron chi connectivity index (χ1n) is 6.88. The second-order valence-corrected chi connectivity index (χ2v) is 5.28. The van der Waals surface area contributed by atoms with Gasteiger partial charge in [-0.25, -0.2) is 8.78 Å². The minimum absolute atomic E-state index is 0.233. The zero-order chi connectivity index (χ0) is 15.1. The van der Waals surface area contributed by atoms with E-state index in [1.54, 1.807) is 13.2 Å². The zero-order valence-electron chi connectivity index (χ0n) is 12.4. The Balaban J connectivity index is 3.01. The second kappa shape index (κ2) is 8.29. The molecule has 114 valence electrons. The van der Waals surface area contributed by atoms with E-state index in [0.29, 0.717) is 24.6 Å². The minimum atomic E-state index is -0.836. The molecular weight excluding hydrogens is 262 g/mol. The lowest BCUT2D eigenvalue weighted by Crippen LogP contribution is -2.39. The highest BCUT2D eigenvalue weighted by atomic mass is 19.2. The smallest absolute Gasteiger partial charge is 0.163 e. The molecule has 1 rings (SSSR count). The Morgan fingerprint density at radius 1 is 1.30 bits per heavy atom. The Morgan fingerprint density at radius 3 is 2.55 bits per heavy atom. The van der Waals surface area contributed by atoms with Crippen molar-refractivity contribution in [3.05, 3.63) is 35.4 Å². The Kier molecular flexibility index (Phi) is 7.05. The molecule has 0 heterocycles. The van der Waals surface area contributed by atoms with Gasteiger partial charge in [0.15, 0.2) is 11.6 Å². The number of methoxy groups -OCH3 is 1. The fourth-order valence-corrected chi connectivity index (χ4v) is 2.30. The highest BCUT2D eigenvalue weighted by molar-refractivity contribution is 5.23. The molecule has 1 aromatic rings. The first-order valence-corrected chi connectivity index (χ1v) is 6.88. The van der Waals surface area contributed by atoms with Crippen LogP contribution in [0.2, 0.25) is 0 Å². The van der Waals surface area contributed by atoms with Crippen molar-refractivity contribution >= 4 is 0 Å². The van der Waals surface area contributed by atoms with E-state index in [2.05, 4.69) is 13.8 Å². The first kappa shape index (κ1) is 17.0. The fourth-order valence-electron chi connectivity index (χ4n) is 2.30. The average Bonchev–Trinajstić information content (AvgIpc) is 2.40. The Labute approximate surface area is 119 Å². The monoisotopic (exact) mass is 286 g/mol. The third-order valence-corrected chi connectivity index (χ3v) is 3.19. The van der Waals surface area contributed by atoms with Gasteiger partial charge in [-0.1, -0.05) is 26.0 Å². The number of ether oxygens (including phenoxy) is 1. The van der Waals surface area contributed by atoms with Gasteiger partial charge in [-0.05, 0) is 12.0 Å². The van der Waals surface area contributed by atoms with Crippen LogP contribution in [0.25, 0.3) is 0 Å². The predicted molar refractivity (Wildman–Crippen MR) is 76.4 cm³/mol. The van der Waals surface area contributed by atoms with Crippen LogP contribution >= 0.6 is 0 Å². The van der Waals surface area contributed by atoms with Crippen LogP contribution in [0.1, 0.15) is 25.5 Å². The largest absolute Gasteiger partial charge is 0.383 e. The van der Waals surface area contributed by atoms with Gasteiger partial charge in [0.05, 0.1) is 12.6 Å². The zero-order valence-corrected chi connectivity index (χ0v) is 12.4. The number of rotatable bonds is 8. The maximum absolute atomic E-state index is 14.0. The standard InChI is InChI=1S/C15H24F2N2O/c1-11(2)10-19(7-8-20-3)14(9-18)12-5-4-6-13(16)15(12)17/h4-6,11,14H,7-10,18H2,1-3H3. The quantitative estimate of drug-likeness (QED) is 0.798. The molecule has 0 amide bonds. The van der Waals surface area contributed by atoms with Crippen LogP contribution in [0.3, 0.4) is 0 Å². The van der Waals surface area contributed by atoms with Gasteiger partial charge in [0.25, 0.3) is 0 Å². The van der Waals surface area contributed by atoms with E-state index in [9.17, 15) is 8.78 Å². The van der Waals surface area contributed by atoms with Crippen LogP contribution in [-0.2, 0) is 4.74 Å². The molecule has 1 aromatic carbocycles. The molecule has 2 N–H and O–H groups in total. The SMILES string of the molecule is COCCN(CC(C)C)C(CN)c1cccc(F)c1F. The van der Waals surface area contributed by atoms with Gasteiger partial charge in [-0.15, -0.1) is 0 Å². The van der Waals surface area contributed by atoms with E-state index in [1.165, 1.54) is 6.07 Å². The summed E-state index contributed by atoms with van der Waals surface area (Å²) < 4.78 is 32.5. The number of hydrogen-bond acceptors (Lipinski definition) is 3. The van der Waals surface area contributed by atoms with Crippen LogP contribution in [0.4, 0.5) is 8.78 Å². The summed E-state index contributed by atoms with van der Waals surface area (Å²) in [7, 11) is 1.62. The summed E-state index contributed by atoms with van der Waals surface area (Å²) in [6, 6.07) is 3.88. The maximum atomic E-state index is 14.0. The van der Waals surface area contributed by atoms with Crippen molar-refractivity contribution in [3.8, 4) is 0 Å². The lowest BCUT2D eigenvalue weighted by Gasteiger charge is -2.32. The van der Waals surface area contributed by atoms with Gasteiger partial charge in [-0.2, -0.15) is 0 Å². The Morgan fingerprint density at radius 2 is 2.00 bits per heavy atom. The van der Waals surface area contributed by atoms with E-state index in [1.807, 2.05) is 4.90 Å². The number of nitrogens with zero attached hydrogens (tertiary/aromatic N) is 1. The van der Waals surface area contributed by atoms with Crippen LogP contribution in [0, 0.1) is 17.6 Å². The van der Waals surface area contributed by atoms with E-state index < -0.39 is 11.6 Å². The Bertz CT molecular complexity index is 413. The molecule has 0 spiro atoms. The average molecular weight is 286 g/mol. The van der Waals surface area contributed by atoms with E-state index in [0.717, 1.165) is 12.6 Å². The van der Waals surface area contributed by atoms with Crippen molar-refractivity contribution in [2.45, 2.75) is 19.9 Å². The Hall–Kier alpha value is -1.04. The molecule has 0 radical (unpaired) electrons. The van der Waals surface area contributed by atoms with Crippen LogP contribution in [0.15, 0.2) is 18.2 Å². The predicted octanol–water partition coefficient (Wildman–Crippen LogP) is 2.57. The summed E-state index contributed by atoms with van der Waals surface area (Å²) >= 11 is 0. The van der Waals surface area contributed by atoms with E-state index >= 15 is 0 Å². The normalized spacial score (nSPS) is 13.2. The highest BCUT2D eigenvalue weighted by Crippen LogP contribution is 2.24. The highest BCUT2D eigenvalue weighted by Gasteiger charge is 2.23. The van der Waals surface area contributed by atoms with Crippen LogP contribution in [-0.4, -0.2) is 38.3 Å². The van der Waals surface area contributed by atoms with Gasteiger partial charge < -0.3 is 10.5 Å². The third kappa shape index (κ3) is 4.51. The first-order chi connectivity index (χ1) is 9.51. The molecule has 1 unspecified atom stereocenters. The van der Waals surface area contributed by atoms with Gasteiger partial charge in [0, 0.05) is 32.3 Å². The summed E-state index contributed by atoms with van der Waals surface area (Å²) in [5.74, 6) is -1.25. The molecule has 20 heavy (non-hydrogen) atoms. The summed E-state index contributed by atoms with van der Waals surface area (Å²) in [6.45, 7) is 6.30. The van der Waals surface area contributed by atoms with Gasteiger partial charge in [0.1, 0.15) is 0 Å². The lowest BCUT2D eigenvalue weighted by molar-refractivity contribution is 0.110. The number of nitrogens with two attached hydrogens (primary N) is 1. The van der Waals surface area contributed by atoms with Crippen molar-refractivity contribution in [1.82, 2.24) is 4.90 Å². The van der Waals surface area contributed by atoms with Crippen molar-refractivity contribution in [2.24, 2.45) is 11.7 Å². The van der Waals surface area contributed by atoms with Crippen molar-refractivity contribution in [2.75, 3.05) is 33.4 Å². The van der Waals surface area contributed by atoms with Crippen molar-refractivity contribution in [3.63, 3.8) is 0 Å². The molecule has 3 nitrogen and oxygen atoms in total. The van der Waals surface area contributed by atoms with Crippen molar-refractivity contribution < 1.29 is 13.5 Å². The van der Waals surface area contributed by atoms with E-state index in [-0.39, 0.29) is 12.6 Å². The summed E-state index contributed by atoms with van der Waals surface area (Å²) in [6.07, 6.45) is 0. The molecule has 1 atom stereocenters. The molecule has 5 heteroatoms. The number of halogens is 2. The molecule has 0 aliphatic rings. The molecule has 0 saturated heterocycles. The minimum Gasteiger partial charge on any atom is -0.383 e. The lowest BCUT2D eigenvalue weighted by atomic mass is 10.0. The molecule has 0 aliphatic heterocycles. The fraction of sp³-hybridized carbons (Fsp3) is 0.600. The number of benzene rings is 1. The maximum Gasteiger partial charge on any atom is 0.163 e. The van der Waals surface area contributed by atoms with Gasteiger partial charge in [0.2, 0.25) is 0 Å². The van der Waals surface area contributed by atoms with Crippen LogP contribution < -0.4 is 5.73 Å². The van der Waals surface area contributed by atoms with Crippen LogP contribution in [0.5, 0.6) is 0 Å². The second-order valence-electron chi connectivity index (χ2n) is 5.28. The topological polar surface area (TPSA) is 38.5 Å². The molecule has 0 aliphatic carbocycles. The molecular formula is C15H24F2N2O. The van der Waals surface area contributed by atoms with E-state index in [4.69, 9.17) is 10.5 Å². The molecule has 0 aromatic heterocycles. The third-order valence-electron chi connectivity index (χ3n) is 3.19. The van der Waals surface area contributed by atoms with Gasteiger partial charge >= 0.3 is 0 Å². The molecule has 0 saturated carbocycles. The summed E-state index contributed by atoms with van der Waals surface area (Å²) in [4.78, 5) is 2.05.